The maximum atomic E-state index is 12.8. The fourth-order valence-electron chi connectivity index (χ4n) is 3.32. The molecule has 26 heavy (non-hydrogen) atoms. The van der Waals surface area contributed by atoms with Crippen LogP contribution in [0.15, 0.2) is 49.1 Å². The number of carbonyl (C=O) groups excluding carboxylic acids is 1. The van der Waals surface area contributed by atoms with E-state index in [9.17, 15) is 4.79 Å². The highest BCUT2D eigenvalue weighted by Gasteiger charge is 2.20. The van der Waals surface area contributed by atoms with Gasteiger partial charge in [-0.3, -0.25) is 9.78 Å². The van der Waals surface area contributed by atoms with Crippen molar-refractivity contribution < 1.29 is 4.79 Å². The van der Waals surface area contributed by atoms with Gasteiger partial charge in [0.2, 0.25) is 0 Å². The SMILES string of the molecule is Cc1ccc(-c2cncc(C(=O)N3CCCCC3)n2)c(-n2cccn2)c1. The van der Waals surface area contributed by atoms with E-state index in [1.165, 1.54) is 6.42 Å². The third kappa shape index (κ3) is 3.22. The van der Waals surface area contributed by atoms with Crippen molar-refractivity contribution in [2.24, 2.45) is 0 Å². The average molecular weight is 347 g/mol. The predicted octanol–water partition coefficient (Wildman–Crippen LogP) is 3.26. The van der Waals surface area contributed by atoms with Gasteiger partial charge in [0.15, 0.2) is 0 Å². The summed E-state index contributed by atoms with van der Waals surface area (Å²) in [7, 11) is 0. The van der Waals surface area contributed by atoms with Gasteiger partial charge in [-0.05, 0) is 43.9 Å². The molecule has 4 rings (SSSR count). The van der Waals surface area contributed by atoms with E-state index in [-0.39, 0.29) is 5.91 Å². The summed E-state index contributed by atoms with van der Waals surface area (Å²) < 4.78 is 1.81. The van der Waals surface area contributed by atoms with Crippen molar-refractivity contribution in [3.63, 3.8) is 0 Å². The minimum Gasteiger partial charge on any atom is -0.337 e. The lowest BCUT2D eigenvalue weighted by Gasteiger charge is -2.26. The molecule has 0 spiro atoms. The maximum absolute atomic E-state index is 12.8. The van der Waals surface area contributed by atoms with Crippen LogP contribution < -0.4 is 0 Å². The third-order valence-electron chi connectivity index (χ3n) is 4.68. The Labute approximate surface area is 152 Å². The first-order valence-electron chi connectivity index (χ1n) is 8.95. The zero-order valence-electron chi connectivity index (χ0n) is 14.8. The van der Waals surface area contributed by atoms with Crippen molar-refractivity contribution in [2.45, 2.75) is 26.2 Å². The van der Waals surface area contributed by atoms with Crippen LogP contribution in [0.2, 0.25) is 0 Å². The van der Waals surface area contributed by atoms with E-state index in [4.69, 9.17) is 0 Å². The van der Waals surface area contributed by atoms with Crippen molar-refractivity contribution in [2.75, 3.05) is 13.1 Å². The second-order valence-corrected chi connectivity index (χ2v) is 6.61. The molecule has 6 heteroatoms. The number of nitrogens with zero attached hydrogens (tertiary/aromatic N) is 5. The second kappa shape index (κ2) is 7.07. The summed E-state index contributed by atoms with van der Waals surface area (Å²) >= 11 is 0. The Kier molecular flexibility index (Phi) is 4.48. The topological polar surface area (TPSA) is 63.9 Å². The molecular formula is C20H21N5O. The number of hydrogen-bond donors (Lipinski definition) is 0. The quantitative estimate of drug-likeness (QED) is 0.729. The molecule has 1 fully saturated rings. The molecule has 2 aromatic heterocycles. The molecule has 1 saturated heterocycles. The first kappa shape index (κ1) is 16.4. The summed E-state index contributed by atoms with van der Waals surface area (Å²) in [6.07, 6.45) is 10.2. The molecule has 0 saturated carbocycles. The van der Waals surface area contributed by atoms with Crippen molar-refractivity contribution >= 4 is 5.91 Å². The standard InChI is InChI=1S/C20H21N5O/c1-15-6-7-16(19(12-15)25-11-5-8-22-25)17-13-21-14-18(23-17)20(26)24-9-3-2-4-10-24/h5-8,11-14H,2-4,9-10H2,1H3. The van der Waals surface area contributed by atoms with E-state index in [0.29, 0.717) is 11.4 Å². The van der Waals surface area contributed by atoms with Gasteiger partial charge < -0.3 is 4.90 Å². The van der Waals surface area contributed by atoms with E-state index in [0.717, 1.165) is 42.7 Å². The highest BCUT2D eigenvalue weighted by Crippen LogP contribution is 2.26. The van der Waals surface area contributed by atoms with Gasteiger partial charge in [0, 0.05) is 31.0 Å². The zero-order valence-corrected chi connectivity index (χ0v) is 14.8. The smallest absolute Gasteiger partial charge is 0.274 e. The fourth-order valence-corrected chi connectivity index (χ4v) is 3.32. The molecule has 0 radical (unpaired) electrons. The monoisotopic (exact) mass is 347 g/mol. The molecule has 0 unspecified atom stereocenters. The molecule has 0 atom stereocenters. The highest BCUT2D eigenvalue weighted by molar-refractivity contribution is 5.92. The molecule has 3 heterocycles. The number of likely N-dealkylation sites (tertiary alicyclic amines) is 1. The van der Waals surface area contributed by atoms with Gasteiger partial charge in [0.05, 0.1) is 23.8 Å². The Morgan fingerprint density at radius 2 is 1.96 bits per heavy atom. The Bertz CT molecular complexity index is 914. The van der Waals surface area contributed by atoms with Gasteiger partial charge >= 0.3 is 0 Å². The Morgan fingerprint density at radius 1 is 1.12 bits per heavy atom. The maximum Gasteiger partial charge on any atom is 0.274 e. The van der Waals surface area contributed by atoms with Gasteiger partial charge in [-0.2, -0.15) is 5.10 Å². The second-order valence-electron chi connectivity index (χ2n) is 6.61. The Morgan fingerprint density at radius 3 is 2.73 bits per heavy atom. The van der Waals surface area contributed by atoms with E-state index in [1.54, 1.807) is 18.6 Å². The number of benzene rings is 1. The summed E-state index contributed by atoms with van der Waals surface area (Å²) in [6, 6.07) is 7.98. The highest BCUT2D eigenvalue weighted by atomic mass is 16.2. The summed E-state index contributed by atoms with van der Waals surface area (Å²) in [4.78, 5) is 23.5. The van der Waals surface area contributed by atoms with Crippen molar-refractivity contribution in [3.05, 3.63) is 60.3 Å². The van der Waals surface area contributed by atoms with Gasteiger partial charge in [0.1, 0.15) is 5.69 Å². The van der Waals surface area contributed by atoms with Crippen molar-refractivity contribution in [1.82, 2.24) is 24.6 Å². The molecule has 6 nitrogen and oxygen atoms in total. The van der Waals surface area contributed by atoms with Crippen LogP contribution in [0.5, 0.6) is 0 Å². The van der Waals surface area contributed by atoms with Gasteiger partial charge in [-0.25, -0.2) is 9.67 Å². The van der Waals surface area contributed by atoms with E-state index >= 15 is 0 Å². The predicted molar refractivity (Wildman–Crippen MR) is 99.1 cm³/mol. The minimum absolute atomic E-state index is 0.0354. The molecular weight excluding hydrogens is 326 g/mol. The summed E-state index contributed by atoms with van der Waals surface area (Å²) in [6.45, 7) is 3.64. The molecule has 3 aromatic rings. The Hall–Kier alpha value is -3.02. The molecule has 1 aliphatic rings. The van der Waals surface area contributed by atoms with Crippen LogP contribution in [-0.2, 0) is 0 Å². The van der Waals surface area contributed by atoms with Crippen LogP contribution in [0.25, 0.3) is 16.9 Å². The van der Waals surface area contributed by atoms with Crippen LogP contribution in [-0.4, -0.2) is 43.6 Å². The first-order valence-corrected chi connectivity index (χ1v) is 8.95. The molecule has 1 aromatic carbocycles. The van der Waals surface area contributed by atoms with E-state index < -0.39 is 0 Å². The molecule has 0 N–H and O–H groups in total. The number of rotatable bonds is 3. The molecule has 1 amide bonds. The number of piperidine rings is 1. The third-order valence-corrected chi connectivity index (χ3v) is 4.68. The van der Waals surface area contributed by atoms with Gasteiger partial charge in [-0.15, -0.1) is 0 Å². The number of aryl methyl sites for hydroxylation is 1. The first-order chi connectivity index (χ1) is 12.7. The molecule has 1 aliphatic heterocycles. The number of amides is 1. The minimum atomic E-state index is -0.0354. The van der Waals surface area contributed by atoms with Crippen LogP contribution in [0.1, 0.15) is 35.3 Å². The molecule has 0 aliphatic carbocycles. The van der Waals surface area contributed by atoms with Crippen LogP contribution in [0, 0.1) is 6.92 Å². The Balaban J connectivity index is 1.72. The molecule has 0 bridgehead atoms. The molecule has 132 valence electrons. The number of carbonyl (C=O) groups is 1. The van der Waals surface area contributed by atoms with Crippen LogP contribution in [0.4, 0.5) is 0 Å². The van der Waals surface area contributed by atoms with E-state index in [2.05, 4.69) is 21.1 Å². The largest absolute Gasteiger partial charge is 0.337 e. The van der Waals surface area contributed by atoms with Gasteiger partial charge in [0.25, 0.3) is 5.91 Å². The summed E-state index contributed by atoms with van der Waals surface area (Å²) in [5.74, 6) is -0.0354. The zero-order chi connectivity index (χ0) is 17.9. The lowest BCUT2D eigenvalue weighted by atomic mass is 10.1. The van der Waals surface area contributed by atoms with E-state index in [1.807, 2.05) is 40.9 Å². The number of aromatic nitrogens is 4. The fraction of sp³-hybridized carbons (Fsp3) is 0.300. The van der Waals surface area contributed by atoms with Crippen molar-refractivity contribution in [1.29, 1.82) is 0 Å². The normalized spacial score (nSPS) is 14.4. The number of hydrogen-bond acceptors (Lipinski definition) is 4. The van der Waals surface area contributed by atoms with Crippen LogP contribution >= 0.6 is 0 Å². The van der Waals surface area contributed by atoms with Crippen LogP contribution in [0.3, 0.4) is 0 Å². The van der Waals surface area contributed by atoms with Gasteiger partial charge in [-0.1, -0.05) is 12.1 Å². The lowest BCUT2D eigenvalue weighted by molar-refractivity contribution is 0.0718. The van der Waals surface area contributed by atoms with Crippen molar-refractivity contribution in [3.8, 4) is 16.9 Å². The average Bonchev–Trinajstić information content (AvgIpc) is 3.23. The summed E-state index contributed by atoms with van der Waals surface area (Å²) in [5.41, 5.74) is 4.04. The summed E-state index contributed by atoms with van der Waals surface area (Å²) in [5, 5.41) is 4.34. The lowest BCUT2D eigenvalue weighted by Crippen LogP contribution is -2.36.